The lowest BCUT2D eigenvalue weighted by Crippen LogP contribution is -2.29. The number of aromatic nitrogens is 2. The number of nitrogens with zero attached hydrogens (tertiary/aromatic N) is 2. The van der Waals surface area contributed by atoms with Crippen molar-refractivity contribution in [2.75, 3.05) is 6.54 Å². The van der Waals surface area contributed by atoms with Crippen LogP contribution in [0.2, 0.25) is 0 Å². The molecular weight excluding hydrogens is 294 g/mol. The predicted molar refractivity (Wildman–Crippen MR) is 79.0 cm³/mol. The summed E-state index contributed by atoms with van der Waals surface area (Å²) in [6.45, 7) is 2.24. The SMILES string of the molecule is C[C@H](CNS(=O)(=O)c1ccccc1)Sc1ncccn1. The smallest absolute Gasteiger partial charge is 0.231 e. The molecule has 1 N–H and O–H groups in total. The summed E-state index contributed by atoms with van der Waals surface area (Å²) in [6.07, 6.45) is 3.33. The van der Waals surface area contributed by atoms with Crippen LogP contribution in [0.4, 0.5) is 0 Å². The number of hydrogen-bond acceptors (Lipinski definition) is 5. The molecule has 1 aromatic carbocycles. The van der Waals surface area contributed by atoms with Gasteiger partial charge in [-0.3, -0.25) is 0 Å². The number of thioether (sulfide) groups is 1. The van der Waals surface area contributed by atoms with Crippen molar-refractivity contribution in [2.24, 2.45) is 0 Å². The Kier molecular flexibility index (Phi) is 5.11. The van der Waals surface area contributed by atoms with Gasteiger partial charge in [0.2, 0.25) is 10.0 Å². The van der Waals surface area contributed by atoms with Gasteiger partial charge in [-0.05, 0) is 18.2 Å². The van der Waals surface area contributed by atoms with E-state index < -0.39 is 10.0 Å². The molecule has 0 aliphatic carbocycles. The lowest BCUT2D eigenvalue weighted by molar-refractivity contribution is 0.581. The van der Waals surface area contributed by atoms with E-state index in [-0.39, 0.29) is 10.1 Å². The second kappa shape index (κ2) is 6.83. The Morgan fingerprint density at radius 1 is 1.15 bits per heavy atom. The van der Waals surface area contributed by atoms with E-state index in [4.69, 9.17) is 0 Å². The van der Waals surface area contributed by atoms with Crippen molar-refractivity contribution in [1.82, 2.24) is 14.7 Å². The maximum absolute atomic E-state index is 12.0. The van der Waals surface area contributed by atoms with Crippen molar-refractivity contribution >= 4 is 21.8 Å². The Bertz CT molecular complexity index is 633. The molecule has 2 rings (SSSR count). The fourth-order valence-electron chi connectivity index (χ4n) is 1.48. The fraction of sp³-hybridized carbons (Fsp3) is 0.231. The van der Waals surface area contributed by atoms with Gasteiger partial charge < -0.3 is 0 Å². The van der Waals surface area contributed by atoms with E-state index in [1.54, 1.807) is 48.8 Å². The average Bonchev–Trinajstić information content (AvgIpc) is 2.47. The summed E-state index contributed by atoms with van der Waals surface area (Å²) in [7, 11) is -3.45. The Morgan fingerprint density at radius 2 is 1.80 bits per heavy atom. The van der Waals surface area contributed by atoms with Crippen molar-refractivity contribution in [3.05, 3.63) is 48.8 Å². The highest BCUT2D eigenvalue weighted by Crippen LogP contribution is 2.18. The van der Waals surface area contributed by atoms with Crippen LogP contribution in [0.15, 0.2) is 58.8 Å². The molecule has 5 nitrogen and oxygen atoms in total. The van der Waals surface area contributed by atoms with E-state index in [9.17, 15) is 8.42 Å². The first kappa shape index (κ1) is 15.0. The van der Waals surface area contributed by atoms with Crippen LogP contribution in [-0.4, -0.2) is 30.2 Å². The molecule has 0 spiro atoms. The van der Waals surface area contributed by atoms with Gasteiger partial charge in [0.25, 0.3) is 0 Å². The summed E-state index contributed by atoms with van der Waals surface area (Å²) in [5.41, 5.74) is 0. The van der Waals surface area contributed by atoms with Crippen molar-refractivity contribution in [1.29, 1.82) is 0 Å². The summed E-state index contributed by atoms with van der Waals surface area (Å²) < 4.78 is 26.7. The van der Waals surface area contributed by atoms with Crippen LogP contribution in [0.5, 0.6) is 0 Å². The van der Waals surface area contributed by atoms with Gasteiger partial charge in [-0.1, -0.05) is 36.9 Å². The molecule has 0 aliphatic heterocycles. The summed E-state index contributed by atoms with van der Waals surface area (Å²) in [6, 6.07) is 10.1. The second-order valence-electron chi connectivity index (χ2n) is 4.12. The number of rotatable bonds is 6. The Balaban J connectivity index is 1.92. The van der Waals surface area contributed by atoms with E-state index >= 15 is 0 Å². The third-order valence-electron chi connectivity index (χ3n) is 2.46. The molecule has 20 heavy (non-hydrogen) atoms. The van der Waals surface area contributed by atoms with Gasteiger partial charge in [-0.15, -0.1) is 0 Å². The molecule has 0 amide bonds. The number of benzene rings is 1. The van der Waals surface area contributed by atoms with Crippen molar-refractivity contribution in [2.45, 2.75) is 22.2 Å². The first-order valence-electron chi connectivity index (χ1n) is 6.06. The molecule has 1 heterocycles. The summed E-state index contributed by atoms with van der Waals surface area (Å²) in [5.74, 6) is 0. The third kappa shape index (κ3) is 4.29. The molecule has 0 aliphatic rings. The monoisotopic (exact) mass is 309 g/mol. The topological polar surface area (TPSA) is 72.0 Å². The Hall–Kier alpha value is -1.44. The number of nitrogens with one attached hydrogen (secondary N) is 1. The molecule has 1 aromatic heterocycles. The summed E-state index contributed by atoms with van der Waals surface area (Å²) in [4.78, 5) is 8.46. The standard InChI is InChI=1S/C13H15N3O2S2/c1-11(19-13-14-8-5-9-15-13)10-16-20(17,18)12-6-3-2-4-7-12/h2-9,11,16H,10H2,1H3/t11-/m1/s1. The number of sulfonamides is 1. The minimum atomic E-state index is -3.45. The first-order valence-corrected chi connectivity index (χ1v) is 8.42. The third-order valence-corrected chi connectivity index (χ3v) is 4.89. The van der Waals surface area contributed by atoms with Crippen LogP contribution in [-0.2, 0) is 10.0 Å². The molecule has 1 atom stereocenters. The van der Waals surface area contributed by atoms with E-state index in [1.165, 1.54) is 11.8 Å². The van der Waals surface area contributed by atoms with Gasteiger partial charge in [0, 0.05) is 24.2 Å². The maximum Gasteiger partial charge on any atom is 0.240 e. The average molecular weight is 309 g/mol. The van der Waals surface area contributed by atoms with Gasteiger partial charge in [-0.25, -0.2) is 23.1 Å². The fourth-order valence-corrected chi connectivity index (χ4v) is 3.50. The van der Waals surface area contributed by atoms with E-state index in [0.29, 0.717) is 11.7 Å². The molecule has 0 bridgehead atoms. The van der Waals surface area contributed by atoms with E-state index in [2.05, 4.69) is 14.7 Å². The van der Waals surface area contributed by atoms with E-state index in [1.807, 2.05) is 6.92 Å². The zero-order chi connectivity index (χ0) is 14.4. The van der Waals surface area contributed by atoms with Crippen LogP contribution in [0, 0.1) is 0 Å². The van der Waals surface area contributed by atoms with Crippen LogP contribution < -0.4 is 4.72 Å². The molecule has 106 valence electrons. The molecule has 0 unspecified atom stereocenters. The highest BCUT2D eigenvalue weighted by Gasteiger charge is 2.15. The van der Waals surface area contributed by atoms with Gasteiger partial charge in [0.15, 0.2) is 5.16 Å². The second-order valence-corrected chi connectivity index (χ2v) is 7.30. The maximum atomic E-state index is 12.0. The lowest BCUT2D eigenvalue weighted by atomic mass is 10.4. The summed E-state index contributed by atoms with van der Waals surface area (Å²) >= 11 is 1.43. The minimum Gasteiger partial charge on any atom is -0.231 e. The van der Waals surface area contributed by atoms with E-state index in [0.717, 1.165) is 0 Å². The Labute approximate surface area is 122 Å². The molecule has 0 saturated carbocycles. The molecule has 0 radical (unpaired) electrons. The quantitative estimate of drug-likeness (QED) is 0.652. The van der Waals surface area contributed by atoms with Crippen molar-refractivity contribution < 1.29 is 8.42 Å². The molecular formula is C13H15N3O2S2. The number of hydrogen-bond donors (Lipinski definition) is 1. The summed E-state index contributed by atoms with van der Waals surface area (Å²) in [5, 5.41) is 0.676. The van der Waals surface area contributed by atoms with Gasteiger partial charge in [0.05, 0.1) is 4.90 Å². The van der Waals surface area contributed by atoms with Gasteiger partial charge in [-0.2, -0.15) is 0 Å². The predicted octanol–water partition coefficient (Wildman–Crippen LogP) is 1.94. The van der Waals surface area contributed by atoms with Gasteiger partial charge >= 0.3 is 0 Å². The molecule has 2 aromatic rings. The van der Waals surface area contributed by atoms with Crippen molar-refractivity contribution in [3.63, 3.8) is 0 Å². The lowest BCUT2D eigenvalue weighted by Gasteiger charge is -2.11. The van der Waals surface area contributed by atoms with Gasteiger partial charge in [0.1, 0.15) is 0 Å². The van der Waals surface area contributed by atoms with Crippen molar-refractivity contribution in [3.8, 4) is 0 Å². The molecule has 7 heteroatoms. The normalized spacial score (nSPS) is 13.1. The molecule has 0 saturated heterocycles. The zero-order valence-corrected chi connectivity index (χ0v) is 12.6. The van der Waals surface area contributed by atoms with Crippen LogP contribution >= 0.6 is 11.8 Å². The van der Waals surface area contributed by atoms with Crippen LogP contribution in [0.1, 0.15) is 6.92 Å². The highest BCUT2D eigenvalue weighted by molar-refractivity contribution is 7.99. The van der Waals surface area contributed by atoms with Crippen LogP contribution in [0.25, 0.3) is 0 Å². The zero-order valence-electron chi connectivity index (χ0n) is 10.9. The Morgan fingerprint density at radius 3 is 2.45 bits per heavy atom. The highest BCUT2D eigenvalue weighted by atomic mass is 32.2. The largest absolute Gasteiger partial charge is 0.240 e. The first-order chi connectivity index (χ1) is 9.58. The molecule has 0 fully saturated rings. The van der Waals surface area contributed by atoms with Crippen LogP contribution in [0.3, 0.4) is 0 Å². The minimum absolute atomic E-state index is 0.0379.